The molecule has 0 saturated carbocycles. The number of carbonyl (C=O) groups is 1. The lowest BCUT2D eigenvalue weighted by atomic mass is 9.89. The molecule has 1 atom stereocenters. The van der Waals surface area contributed by atoms with Crippen molar-refractivity contribution in [2.45, 2.75) is 44.6 Å². The number of piperidine rings is 2. The smallest absolute Gasteiger partial charge is 0.227 e. The van der Waals surface area contributed by atoms with Crippen LogP contribution in [-0.4, -0.2) is 48.5 Å². The van der Waals surface area contributed by atoms with E-state index in [1.54, 1.807) is 12.1 Å². The molecule has 0 N–H and O–H groups in total. The molecule has 194 valence electrons. The van der Waals surface area contributed by atoms with Gasteiger partial charge in [-0.3, -0.25) is 9.69 Å². The summed E-state index contributed by atoms with van der Waals surface area (Å²) in [6, 6.07) is 25.6. The SMILES string of the molecule is O=C(Cc1ccc(F)cc1)N1CCC[C@H](COc2ccc(CN3CCC(c4ccccc4)CC3)cc2)C1. The van der Waals surface area contributed by atoms with Crippen LogP contribution in [0.2, 0.25) is 0 Å². The third-order valence-electron chi connectivity index (χ3n) is 7.81. The predicted octanol–water partition coefficient (Wildman–Crippen LogP) is 6.07. The van der Waals surface area contributed by atoms with Crippen LogP contribution in [0.1, 0.15) is 48.3 Å². The minimum Gasteiger partial charge on any atom is -0.493 e. The highest BCUT2D eigenvalue weighted by Crippen LogP contribution is 2.28. The van der Waals surface area contributed by atoms with Crippen LogP contribution in [0.25, 0.3) is 0 Å². The minimum atomic E-state index is -0.275. The quantitative estimate of drug-likeness (QED) is 0.377. The molecule has 3 aromatic carbocycles. The van der Waals surface area contributed by atoms with Crippen molar-refractivity contribution in [3.05, 3.63) is 101 Å². The third-order valence-corrected chi connectivity index (χ3v) is 7.81. The fraction of sp³-hybridized carbons (Fsp3) is 0.406. The fourth-order valence-corrected chi connectivity index (χ4v) is 5.63. The number of hydrogen-bond acceptors (Lipinski definition) is 3. The molecule has 0 aromatic heterocycles. The molecule has 1 amide bonds. The molecule has 3 aromatic rings. The number of rotatable bonds is 8. The Bertz CT molecular complexity index is 1130. The second-order valence-electron chi connectivity index (χ2n) is 10.6. The van der Waals surface area contributed by atoms with Crippen molar-refractivity contribution in [2.75, 3.05) is 32.8 Å². The van der Waals surface area contributed by atoms with Gasteiger partial charge in [-0.2, -0.15) is 0 Å². The lowest BCUT2D eigenvalue weighted by molar-refractivity contribution is -0.132. The highest BCUT2D eigenvalue weighted by molar-refractivity contribution is 5.78. The second-order valence-corrected chi connectivity index (χ2v) is 10.6. The van der Waals surface area contributed by atoms with Gasteiger partial charge in [-0.15, -0.1) is 0 Å². The van der Waals surface area contributed by atoms with Crippen LogP contribution >= 0.6 is 0 Å². The Morgan fingerprint density at radius 2 is 1.54 bits per heavy atom. The summed E-state index contributed by atoms with van der Waals surface area (Å²) in [6.45, 7) is 5.37. The van der Waals surface area contributed by atoms with Crippen molar-refractivity contribution >= 4 is 5.91 Å². The lowest BCUT2D eigenvalue weighted by Gasteiger charge is -2.33. The van der Waals surface area contributed by atoms with Gasteiger partial charge in [0.15, 0.2) is 0 Å². The van der Waals surface area contributed by atoms with E-state index in [4.69, 9.17) is 4.74 Å². The Morgan fingerprint density at radius 3 is 2.27 bits per heavy atom. The van der Waals surface area contributed by atoms with Crippen molar-refractivity contribution < 1.29 is 13.9 Å². The second kappa shape index (κ2) is 12.4. The number of nitrogens with zero attached hydrogens (tertiary/aromatic N) is 2. The van der Waals surface area contributed by atoms with Gasteiger partial charge in [0.25, 0.3) is 0 Å². The number of amides is 1. The minimum absolute atomic E-state index is 0.105. The van der Waals surface area contributed by atoms with Crippen molar-refractivity contribution in [1.82, 2.24) is 9.80 Å². The van der Waals surface area contributed by atoms with Gasteiger partial charge in [0.2, 0.25) is 5.91 Å². The van der Waals surface area contributed by atoms with Crippen molar-refractivity contribution in [1.29, 1.82) is 0 Å². The summed E-state index contributed by atoms with van der Waals surface area (Å²) in [5.41, 5.74) is 3.65. The molecule has 2 aliphatic heterocycles. The molecule has 0 aliphatic carbocycles. The number of hydrogen-bond donors (Lipinski definition) is 0. The Balaban J connectivity index is 1.04. The van der Waals surface area contributed by atoms with Crippen molar-refractivity contribution in [2.24, 2.45) is 5.92 Å². The molecule has 2 aliphatic rings. The van der Waals surface area contributed by atoms with Gasteiger partial charge in [0.05, 0.1) is 13.0 Å². The molecular weight excluding hydrogens is 463 g/mol. The van der Waals surface area contributed by atoms with Gasteiger partial charge in [-0.1, -0.05) is 54.6 Å². The number of carbonyl (C=O) groups excluding carboxylic acids is 1. The molecule has 2 fully saturated rings. The first kappa shape index (κ1) is 25.5. The molecule has 37 heavy (non-hydrogen) atoms. The maximum Gasteiger partial charge on any atom is 0.227 e. The molecule has 2 heterocycles. The fourth-order valence-electron chi connectivity index (χ4n) is 5.63. The van der Waals surface area contributed by atoms with E-state index < -0.39 is 0 Å². The van der Waals surface area contributed by atoms with Gasteiger partial charge < -0.3 is 9.64 Å². The molecule has 5 heteroatoms. The first-order valence-corrected chi connectivity index (χ1v) is 13.6. The molecule has 4 nitrogen and oxygen atoms in total. The average molecular weight is 501 g/mol. The largest absolute Gasteiger partial charge is 0.493 e. The summed E-state index contributed by atoms with van der Waals surface area (Å²) in [6.07, 6.45) is 4.81. The van der Waals surface area contributed by atoms with E-state index in [9.17, 15) is 9.18 Å². The maximum atomic E-state index is 13.1. The zero-order valence-electron chi connectivity index (χ0n) is 21.5. The average Bonchev–Trinajstić information content (AvgIpc) is 2.95. The van der Waals surface area contributed by atoms with Crippen LogP contribution < -0.4 is 4.74 Å². The normalized spacial score (nSPS) is 19.1. The van der Waals surface area contributed by atoms with Gasteiger partial charge in [0.1, 0.15) is 11.6 Å². The standard InChI is InChI=1S/C32H37FN2O2/c33-30-12-8-25(9-13-30)21-32(36)35-18-4-5-27(23-35)24-37-31-14-10-26(11-15-31)22-34-19-16-29(17-20-34)28-6-2-1-3-7-28/h1-3,6-15,27,29H,4-5,16-24H2/t27-/m0/s1. The van der Waals surface area contributed by atoms with E-state index in [-0.39, 0.29) is 11.7 Å². The predicted molar refractivity (Wildman–Crippen MR) is 145 cm³/mol. The number of likely N-dealkylation sites (tertiary alicyclic amines) is 2. The van der Waals surface area contributed by atoms with Gasteiger partial charge in [-0.25, -0.2) is 4.39 Å². The van der Waals surface area contributed by atoms with Crippen LogP contribution in [0.5, 0.6) is 5.75 Å². The number of halogens is 1. The lowest BCUT2D eigenvalue weighted by Crippen LogP contribution is -2.42. The molecule has 0 spiro atoms. The zero-order valence-corrected chi connectivity index (χ0v) is 21.5. The van der Waals surface area contributed by atoms with E-state index in [2.05, 4.69) is 59.5 Å². The van der Waals surface area contributed by atoms with E-state index in [1.165, 1.54) is 36.1 Å². The zero-order chi connectivity index (χ0) is 25.5. The van der Waals surface area contributed by atoms with Crippen LogP contribution in [0, 0.1) is 11.7 Å². The summed E-state index contributed by atoms with van der Waals surface area (Å²) >= 11 is 0. The van der Waals surface area contributed by atoms with E-state index in [0.29, 0.717) is 24.9 Å². The van der Waals surface area contributed by atoms with Gasteiger partial charge in [-0.05, 0) is 85.6 Å². The maximum absolute atomic E-state index is 13.1. The van der Waals surface area contributed by atoms with Crippen LogP contribution in [0.3, 0.4) is 0 Å². The summed E-state index contributed by atoms with van der Waals surface area (Å²) in [4.78, 5) is 17.2. The van der Waals surface area contributed by atoms with Crippen LogP contribution in [0.15, 0.2) is 78.9 Å². The molecule has 0 bridgehead atoms. The topological polar surface area (TPSA) is 32.8 Å². The molecule has 5 rings (SSSR count). The molecule has 0 unspecified atom stereocenters. The Hall–Kier alpha value is -3.18. The van der Waals surface area contributed by atoms with Crippen molar-refractivity contribution in [3.8, 4) is 5.75 Å². The summed E-state index contributed by atoms with van der Waals surface area (Å²) in [5.74, 6) is 1.73. The van der Waals surface area contributed by atoms with E-state index >= 15 is 0 Å². The van der Waals surface area contributed by atoms with Crippen LogP contribution in [0.4, 0.5) is 4.39 Å². The van der Waals surface area contributed by atoms with Crippen molar-refractivity contribution in [3.63, 3.8) is 0 Å². The van der Waals surface area contributed by atoms with Gasteiger partial charge >= 0.3 is 0 Å². The Labute approximate surface area is 220 Å². The molecule has 2 saturated heterocycles. The third kappa shape index (κ3) is 7.20. The first-order valence-electron chi connectivity index (χ1n) is 13.6. The first-order chi connectivity index (χ1) is 18.1. The Morgan fingerprint density at radius 1 is 0.838 bits per heavy atom. The van der Waals surface area contributed by atoms with E-state index in [0.717, 1.165) is 56.9 Å². The highest BCUT2D eigenvalue weighted by Gasteiger charge is 2.24. The molecule has 0 radical (unpaired) electrons. The summed E-state index contributed by atoms with van der Waals surface area (Å²) in [5, 5.41) is 0. The summed E-state index contributed by atoms with van der Waals surface area (Å²) < 4.78 is 19.3. The van der Waals surface area contributed by atoms with Crippen LogP contribution in [-0.2, 0) is 17.8 Å². The van der Waals surface area contributed by atoms with Gasteiger partial charge in [0, 0.05) is 25.6 Å². The molecular formula is C32H37FN2O2. The number of ether oxygens (including phenoxy) is 1. The Kier molecular flexibility index (Phi) is 8.52. The summed E-state index contributed by atoms with van der Waals surface area (Å²) in [7, 11) is 0. The highest BCUT2D eigenvalue weighted by atomic mass is 19.1. The van der Waals surface area contributed by atoms with E-state index in [1.807, 2.05) is 4.90 Å². The number of benzene rings is 3. The monoisotopic (exact) mass is 500 g/mol.